The molecule has 0 aliphatic heterocycles. The molecule has 4 nitrogen and oxygen atoms in total. The summed E-state index contributed by atoms with van der Waals surface area (Å²) in [6.45, 7) is -0.297. The Kier molecular flexibility index (Phi) is 10.6. The first-order chi connectivity index (χ1) is 20.6. The SMILES string of the molecule is OCC(CO)N[C@H]1C[C@](O)(CCc2ccccc2)[C@@H](Cc2ccccc2)[C@H](Cc2ccccc2)[C@@H]1Cc1ccccc1. The number of nitrogens with one attached hydrogen (secondary N) is 1. The fraction of sp³-hybridized carbons (Fsp3) is 0.368. The molecule has 5 atom stereocenters. The number of aliphatic hydroxyl groups is 3. The van der Waals surface area contributed by atoms with Gasteiger partial charge in [-0.1, -0.05) is 121 Å². The van der Waals surface area contributed by atoms with Gasteiger partial charge in [0.15, 0.2) is 0 Å². The number of rotatable bonds is 13. The fourth-order valence-electron chi connectivity index (χ4n) is 7.19. The standard InChI is InChI=1S/C38H45NO3/c40-27-33(28-41)39-37-26-38(42,22-21-29-13-5-1-6-14-29)36(25-32-19-11-4-12-20-32)34(23-30-15-7-2-8-16-30)35(37)24-31-17-9-3-10-18-31/h1-20,33-37,39-42H,21-28H2/t34-,35+,36+,37+,38-/m1/s1. The van der Waals surface area contributed by atoms with Gasteiger partial charge in [0, 0.05) is 6.04 Å². The van der Waals surface area contributed by atoms with E-state index in [1.807, 2.05) is 6.07 Å². The first-order valence-electron chi connectivity index (χ1n) is 15.4. The summed E-state index contributed by atoms with van der Waals surface area (Å²) in [6.07, 6.45) is 4.52. The normalized spacial score (nSPS) is 24.1. The minimum absolute atomic E-state index is 0.0253. The van der Waals surface area contributed by atoms with Crippen LogP contribution in [0.4, 0.5) is 0 Å². The van der Waals surface area contributed by atoms with Crippen LogP contribution in [0.25, 0.3) is 0 Å². The molecule has 4 aromatic rings. The van der Waals surface area contributed by atoms with Crippen LogP contribution in [-0.2, 0) is 25.7 Å². The van der Waals surface area contributed by atoms with Gasteiger partial charge in [-0.2, -0.15) is 0 Å². The van der Waals surface area contributed by atoms with Crippen LogP contribution in [0, 0.1) is 17.8 Å². The van der Waals surface area contributed by atoms with Gasteiger partial charge in [-0.15, -0.1) is 0 Å². The molecule has 0 heterocycles. The zero-order valence-corrected chi connectivity index (χ0v) is 24.4. The Bertz CT molecular complexity index is 1310. The Hall–Kier alpha value is -3.28. The van der Waals surface area contributed by atoms with Crippen LogP contribution in [0.15, 0.2) is 121 Å². The number of benzene rings is 4. The summed E-state index contributed by atoms with van der Waals surface area (Å²) in [4.78, 5) is 0. The van der Waals surface area contributed by atoms with Crippen molar-refractivity contribution in [1.29, 1.82) is 0 Å². The van der Waals surface area contributed by atoms with Crippen LogP contribution in [-0.4, -0.2) is 46.2 Å². The van der Waals surface area contributed by atoms with Gasteiger partial charge in [-0.05, 0) is 78.5 Å². The van der Waals surface area contributed by atoms with Crippen molar-refractivity contribution in [2.75, 3.05) is 13.2 Å². The maximum absolute atomic E-state index is 12.8. The third-order valence-corrected chi connectivity index (χ3v) is 9.35. The van der Waals surface area contributed by atoms with Crippen molar-refractivity contribution in [3.8, 4) is 0 Å². The zero-order chi connectivity index (χ0) is 29.2. The largest absolute Gasteiger partial charge is 0.395 e. The van der Waals surface area contributed by atoms with Crippen LogP contribution in [0.2, 0.25) is 0 Å². The highest BCUT2D eigenvalue weighted by molar-refractivity contribution is 5.24. The van der Waals surface area contributed by atoms with Gasteiger partial charge in [0.2, 0.25) is 0 Å². The van der Waals surface area contributed by atoms with E-state index < -0.39 is 11.6 Å². The molecule has 0 amide bonds. The minimum atomic E-state index is -0.939. The van der Waals surface area contributed by atoms with Crippen molar-refractivity contribution < 1.29 is 15.3 Å². The Morgan fingerprint density at radius 2 is 1.02 bits per heavy atom. The molecule has 0 aromatic heterocycles. The maximum Gasteiger partial charge on any atom is 0.0700 e. The number of hydrogen-bond donors (Lipinski definition) is 4. The molecule has 4 N–H and O–H groups in total. The topological polar surface area (TPSA) is 72.7 Å². The summed E-state index contributed by atoms with van der Waals surface area (Å²) in [5.41, 5.74) is 4.07. The number of aryl methyl sites for hydroxylation is 1. The smallest absolute Gasteiger partial charge is 0.0700 e. The van der Waals surface area contributed by atoms with Crippen LogP contribution < -0.4 is 5.32 Å². The van der Waals surface area contributed by atoms with E-state index in [1.165, 1.54) is 22.3 Å². The molecule has 0 unspecified atom stereocenters. The first kappa shape index (κ1) is 30.2. The molecule has 1 aliphatic rings. The van der Waals surface area contributed by atoms with Gasteiger partial charge in [0.1, 0.15) is 0 Å². The molecule has 0 bridgehead atoms. The molecule has 5 rings (SSSR count). The van der Waals surface area contributed by atoms with Crippen LogP contribution in [0.5, 0.6) is 0 Å². The highest BCUT2D eigenvalue weighted by Gasteiger charge is 2.51. The van der Waals surface area contributed by atoms with E-state index in [0.29, 0.717) is 12.8 Å². The highest BCUT2D eigenvalue weighted by Crippen LogP contribution is 2.48. The summed E-state index contributed by atoms with van der Waals surface area (Å²) in [6, 6.07) is 41.8. The first-order valence-corrected chi connectivity index (χ1v) is 15.4. The van der Waals surface area contributed by atoms with E-state index >= 15 is 0 Å². The van der Waals surface area contributed by atoms with Crippen molar-refractivity contribution >= 4 is 0 Å². The molecular formula is C38H45NO3. The monoisotopic (exact) mass is 563 g/mol. The van der Waals surface area contributed by atoms with Crippen LogP contribution in [0.3, 0.4) is 0 Å². The van der Waals surface area contributed by atoms with Crippen molar-refractivity contribution in [1.82, 2.24) is 5.32 Å². The third-order valence-electron chi connectivity index (χ3n) is 9.35. The molecule has 0 radical (unpaired) electrons. The zero-order valence-electron chi connectivity index (χ0n) is 24.4. The lowest BCUT2D eigenvalue weighted by atomic mass is 9.56. The van der Waals surface area contributed by atoms with Crippen LogP contribution >= 0.6 is 0 Å². The van der Waals surface area contributed by atoms with E-state index in [4.69, 9.17) is 0 Å². The molecule has 4 heteroatoms. The van der Waals surface area contributed by atoms with Gasteiger partial charge in [0.25, 0.3) is 0 Å². The van der Waals surface area contributed by atoms with Gasteiger partial charge < -0.3 is 20.6 Å². The Morgan fingerprint density at radius 3 is 1.50 bits per heavy atom. The molecule has 4 aromatic carbocycles. The van der Waals surface area contributed by atoms with E-state index in [0.717, 1.165) is 25.7 Å². The number of hydrogen-bond acceptors (Lipinski definition) is 4. The molecule has 42 heavy (non-hydrogen) atoms. The summed E-state index contributed by atoms with van der Waals surface area (Å²) in [5.74, 6) is 0.383. The predicted molar refractivity (Wildman–Crippen MR) is 170 cm³/mol. The Balaban J connectivity index is 1.58. The van der Waals surface area contributed by atoms with E-state index in [2.05, 4.69) is 121 Å². The van der Waals surface area contributed by atoms with E-state index in [9.17, 15) is 15.3 Å². The average molecular weight is 564 g/mol. The lowest BCUT2D eigenvalue weighted by Gasteiger charge is -2.53. The summed E-state index contributed by atoms with van der Waals surface area (Å²) < 4.78 is 0. The summed E-state index contributed by atoms with van der Waals surface area (Å²) >= 11 is 0. The molecule has 0 spiro atoms. The van der Waals surface area contributed by atoms with Gasteiger partial charge in [-0.25, -0.2) is 0 Å². The predicted octanol–water partition coefficient (Wildman–Crippen LogP) is 5.64. The molecule has 1 fully saturated rings. The molecular weight excluding hydrogens is 518 g/mol. The average Bonchev–Trinajstić information content (AvgIpc) is 3.04. The van der Waals surface area contributed by atoms with Crippen molar-refractivity contribution in [2.24, 2.45) is 17.8 Å². The molecule has 220 valence electrons. The fourth-order valence-corrected chi connectivity index (χ4v) is 7.19. The molecule has 0 saturated heterocycles. The van der Waals surface area contributed by atoms with E-state index in [1.54, 1.807) is 0 Å². The summed E-state index contributed by atoms with van der Waals surface area (Å²) in [5, 5.41) is 36.6. The van der Waals surface area contributed by atoms with Crippen molar-refractivity contribution in [3.63, 3.8) is 0 Å². The molecule has 1 aliphatic carbocycles. The Labute approximate surface area is 251 Å². The minimum Gasteiger partial charge on any atom is -0.395 e. The lowest BCUT2D eigenvalue weighted by molar-refractivity contribution is -0.113. The lowest BCUT2D eigenvalue weighted by Crippen LogP contribution is -2.61. The van der Waals surface area contributed by atoms with Gasteiger partial charge >= 0.3 is 0 Å². The quantitative estimate of drug-likeness (QED) is 0.170. The second-order valence-electron chi connectivity index (χ2n) is 12.1. The highest BCUT2D eigenvalue weighted by atomic mass is 16.3. The van der Waals surface area contributed by atoms with Crippen molar-refractivity contribution in [3.05, 3.63) is 144 Å². The number of aliphatic hydroxyl groups excluding tert-OH is 2. The Morgan fingerprint density at radius 1 is 0.595 bits per heavy atom. The van der Waals surface area contributed by atoms with E-state index in [-0.39, 0.29) is 37.0 Å². The van der Waals surface area contributed by atoms with Gasteiger partial charge in [-0.3, -0.25) is 0 Å². The summed E-state index contributed by atoms with van der Waals surface area (Å²) in [7, 11) is 0. The van der Waals surface area contributed by atoms with Gasteiger partial charge in [0.05, 0.1) is 24.9 Å². The maximum atomic E-state index is 12.8. The second-order valence-corrected chi connectivity index (χ2v) is 12.1. The second kappa shape index (κ2) is 14.8. The van der Waals surface area contributed by atoms with Crippen LogP contribution in [0.1, 0.15) is 35.1 Å². The third kappa shape index (κ3) is 7.76. The molecule has 1 saturated carbocycles. The van der Waals surface area contributed by atoms with Crippen molar-refractivity contribution in [2.45, 2.75) is 56.2 Å².